The maximum atomic E-state index is 12.4. The number of nitrogens with zero attached hydrogens (tertiary/aromatic N) is 1. The highest BCUT2D eigenvalue weighted by molar-refractivity contribution is 7.89. The highest BCUT2D eigenvalue weighted by Gasteiger charge is 2.28. The zero-order valence-corrected chi connectivity index (χ0v) is 11.4. The molecule has 1 aliphatic rings. The van der Waals surface area contributed by atoms with Crippen LogP contribution in [0.1, 0.15) is 32.1 Å². The fraction of sp³-hybridized carbons (Fsp3) is 0.538. The van der Waals surface area contributed by atoms with Gasteiger partial charge in [-0.05, 0) is 37.1 Å². The molecule has 1 aromatic carbocycles. The minimum atomic E-state index is -3.43. The Bertz CT molecular complexity index is 489. The first kappa shape index (κ1) is 13.4. The molecule has 18 heavy (non-hydrogen) atoms. The van der Waals surface area contributed by atoms with E-state index in [0.717, 1.165) is 25.7 Å². The molecule has 1 saturated carbocycles. The summed E-state index contributed by atoms with van der Waals surface area (Å²) < 4.78 is 26.3. The van der Waals surface area contributed by atoms with Crippen molar-refractivity contribution in [3.05, 3.63) is 24.3 Å². The summed E-state index contributed by atoms with van der Waals surface area (Å²) in [6.07, 6.45) is 5.27. The van der Waals surface area contributed by atoms with Gasteiger partial charge in [0.25, 0.3) is 0 Å². The van der Waals surface area contributed by atoms with Gasteiger partial charge in [-0.25, -0.2) is 8.42 Å². The minimum absolute atomic E-state index is 0.0780. The lowest BCUT2D eigenvalue weighted by atomic mass is 9.96. The number of hydrogen-bond acceptors (Lipinski definition) is 3. The minimum Gasteiger partial charge on any atom is -0.508 e. The molecule has 1 aliphatic carbocycles. The Labute approximate surface area is 108 Å². The van der Waals surface area contributed by atoms with E-state index in [-0.39, 0.29) is 16.7 Å². The molecule has 2 rings (SSSR count). The van der Waals surface area contributed by atoms with Gasteiger partial charge in [-0.1, -0.05) is 19.3 Å². The number of phenolic OH excluding ortho intramolecular Hbond substituents is 1. The molecule has 1 N–H and O–H groups in total. The smallest absolute Gasteiger partial charge is 0.243 e. The van der Waals surface area contributed by atoms with Crippen molar-refractivity contribution < 1.29 is 13.5 Å². The first-order chi connectivity index (χ1) is 8.51. The quantitative estimate of drug-likeness (QED) is 0.916. The van der Waals surface area contributed by atoms with Gasteiger partial charge in [0.15, 0.2) is 0 Å². The summed E-state index contributed by atoms with van der Waals surface area (Å²) in [6.45, 7) is 0. The van der Waals surface area contributed by atoms with Crippen LogP contribution in [0.15, 0.2) is 29.2 Å². The zero-order chi connectivity index (χ0) is 13.2. The van der Waals surface area contributed by atoms with Gasteiger partial charge in [-0.3, -0.25) is 0 Å². The van der Waals surface area contributed by atoms with Crippen molar-refractivity contribution in [1.82, 2.24) is 4.31 Å². The normalized spacial score (nSPS) is 18.1. The van der Waals surface area contributed by atoms with Crippen LogP contribution in [0, 0.1) is 0 Å². The van der Waals surface area contributed by atoms with Gasteiger partial charge in [-0.2, -0.15) is 4.31 Å². The second kappa shape index (κ2) is 5.28. The number of rotatable bonds is 3. The summed E-state index contributed by atoms with van der Waals surface area (Å²) >= 11 is 0. The van der Waals surface area contributed by atoms with Gasteiger partial charge in [0.2, 0.25) is 10.0 Å². The average Bonchev–Trinajstić information content (AvgIpc) is 2.39. The molecule has 0 spiro atoms. The Morgan fingerprint density at radius 3 is 2.22 bits per heavy atom. The first-order valence-corrected chi connectivity index (χ1v) is 7.73. The lowest BCUT2D eigenvalue weighted by molar-refractivity contribution is 0.286. The number of aromatic hydroxyl groups is 1. The van der Waals surface area contributed by atoms with Crippen molar-refractivity contribution in [3.8, 4) is 5.75 Å². The maximum absolute atomic E-state index is 12.4. The summed E-state index contributed by atoms with van der Waals surface area (Å²) in [5, 5.41) is 9.20. The summed E-state index contributed by atoms with van der Waals surface area (Å²) in [7, 11) is -1.78. The van der Waals surface area contributed by atoms with Gasteiger partial charge in [0, 0.05) is 13.1 Å². The molecule has 0 atom stereocenters. The van der Waals surface area contributed by atoms with Crippen LogP contribution in [-0.2, 0) is 10.0 Å². The Morgan fingerprint density at radius 1 is 1.11 bits per heavy atom. The lowest BCUT2D eigenvalue weighted by Gasteiger charge is -2.30. The molecule has 0 saturated heterocycles. The topological polar surface area (TPSA) is 57.6 Å². The Kier molecular flexibility index (Phi) is 3.92. The van der Waals surface area contributed by atoms with Crippen LogP contribution >= 0.6 is 0 Å². The van der Waals surface area contributed by atoms with Gasteiger partial charge >= 0.3 is 0 Å². The van der Waals surface area contributed by atoms with Crippen molar-refractivity contribution in [3.63, 3.8) is 0 Å². The number of benzene rings is 1. The monoisotopic (exact) mass is 269 g/mol. The van der Waals surface area contributed by atoms with Crippen LogP contribution in [0.25, 0.3) is 0 Å². The summed E-state index contributed by atoms with van der Waals surface area (Å²) in [5.41, 5.74) is 0. The second-order valence-corrected chi connectivity index (χ2v) is 6.80. The van der Waals surface area contributed by atoms with Crippen molar-refractivity contribution in [1.29, 1.82) is 0 Å². The van der Waals surface area contributed by atoms with Crippen LogP contribution < -0.4 is 0 Å². The highest BCUT2D eigenvalue weighted by Crippen LogP contribution is 2.26. The molecule has 0 aliphatic heterocycles. The molecule has 0 heterocycles. The van der Waals surface area contributed by atoms with E-state index in [9.17, 15) is 13.5 Å². The van der Waals surface area contributed by atoms with Gasteiger partial charge in [0.1, 0.15) is 5.75 Å². The maximum Gasteiger partial charge on any atom is 0.243 e. The van der Waals surface area contributed by atoms with Crippen LogP contribution in [0.2, 0.25) is 0 Å². The fourth-order valence-corrected chi connectivity index (χ4v) is 3.84. The third-order valence-electron chi connectivity index (χ3n) is 3.60. The standard InChI is InChI=1S/C13H19NO3S/c1-14(11-5-3-2-4-6-11)18(16,17)13-9-7-12(15)8-10-13/h7-11,15H,2-6H2,1H3. The van der Waals surface area contributed by atoms with Crippen molar-refractivity contribution in [2.24, 2.45) is 0 Å². The molecule has 1 aromatic rings. The van der Waals surface area contributed by atoms with Crippen LogP contribution in [0.5, 0.6) is 5.75 Å². The summed E-state index contributed by atoms with van der Waals surface area (Å²) in [4.78, 5) is 0.244. The van der Waals surface area contributed by atoms with E-state index < -0.39 is 10.0 Å². The summed E-state index contributed by atoms with van der Waals surface area (Å²) in [5.74, 6) is 0.0780. The van der Waals surface area contributed by atoms with Crippen molar-refractivity contribution in [2.75, 3.05) is 7.05 Å². The lowest BCUT2D eigenvalue weighted by Crippen LogP contribution is -2.38. The van der Waals surface area contributed by atoms with E-state index in [2.05, 4.69) is 0 Å². The third-order valence-corrected chi connectivity index (χ3v) is 5.53. The van der Waals surface area contributed by atoms with E-state index in [1.807, 2.05) is 0 Å². The Balaban J connectivity index is 2.21. The largest absolute Gasteiger partial charge is 0.508 e. The van der Waals surface area contributed by atoms with Crippen LogP contribution in [0.3, 0.4) is 0 Å². The number of hydrogen-bond donors (Lipinski definition) is 1. The van der Waals surface area contributed by atoms with Crippen LogP contribution in [-0.4, -0.2) is 30.9 Å². The highest BCUT2D eigenvalue weighted by atomic mass is 32.2. The van der Waals surface area contributed by atoms with Crippen molar-refractivity contribution in [2.45, 2.75) is 43.0 Å². The number of phenols is 1. The Hall–Kier alpha value is -1.07. The average molecular weight is 269 g/mol. The van der Waals surface area contributed by atoms with Gasteiger partial charge in [-0.15, -0.1) is 0 Å². The van der Waals surface area contributed by atoms with Crippen LogP contribution in [0.4, 0.5) is 0 Å². The molecule has 0 unspecified atom stereocenters. The molecule has 0 bridgehead atoms. The van der Waals surface area contributed by atoms with E-state index in [0.29, 0.717) is 0 Å². The molecule has 5 heteroatoms. The molecule has 1 fully saturated rings. The molecule has 0 radical (unpaired) electrons. The predicted octanol–water partition coefficient (Wildman–Crippen LogP) is 2.35. The van der Waals surface area contributed by atoms with E-state index >= 15 is 0 Å². The van der Waals surface area contributed by atoms with E-state index in [1.54, 1.807) is 7.05 Å². The zero-order valence-electron chi connectivity index (χ0n) is 10.5. The molecule has 100 valence electrons. The molecule has 0 amide bonds. The summed E-state index contributed by atoms with van der Waals surface area (Å²) in [6, 6.07) is 5.81. The first-order valence-electron chi connectivity index (χ1n) is 6.29. The van der Waals surface area contributed by atoms with E-state index in [4.69, 9.17) is 0 Å². The number of sulfonamides is 1. The third kappa shape index (κ3) is 2.67. The molecular weight excluding hydrogens is 250 g/mol. The molecule has 0 aromatic heterocycles. The van der Waals surface area contributed by atoms with Gasteiger partial charge < -0.3 is 5.11 Å². The Morgan fingerprint density at radius 2 is 1.67 bits per heavy atom. The molecular formula is C13H19NO3S. The van der Waals surface area contributed by atoms with Gasteiger partial charge in [0.05, 0.1) is 4.90 Å². The van der Waals surface area contributed by atoms with Crippen molar-refractivity contribution >= 4 is 10.0 Å². The SMILES string of the molecule is CN(C1CCCCC1)S(=O)(=O)c1ccc(O)cc1. The predicted molar refractivity (Wildman–Crippen MR) is 69.9 cm³/mol. The second-order valence-electron chi connectivity index (χ2n) is 4.81. The van der Waals surface area contributed by atoms with E-state index in [1.165, 1.54) is 35.0 Å². The molecule has 4 nitrogen and oxygen atoms in total. The fourth-order valence-electron chi connectivity index (χ4n) is 2.43.